The Morgan fingerprint density at radius 1 is 1.24 bits per heavy atom. The molecule has 1 aliphatic rings. The van der Waals surface area contributed by atoms with E-state index in [4.69, 9.17) is 0 Å². The van der Waals surface area contributed by atoms with Crippen molar-refractivity contribution in [3.05, 3.63) is 0 Å². The molecule has 0 saturated heterocycles. The van der Waals surface area contributed by atoms with Gasteiger partial charge in [0.25, 0.3) is 0 Å². The maximum Gasteiger partial charge on any atom is 0.213 e. The summed E-state index contributed by atoms with van der Waals surface area (Å²) in [4.78, 5) is 4.28. The Kier molecular flexibility index (Phi) is 12.3. The average Bonchev–Trinajstić information content (AvgIpc) is 2.57. The molecule has 0 bridgehead atoms. The molecule has 1 saturated carbocycles. The Bertz CT molecular complexity index is 489. The summed E-state index contributed by atoms with van der Waals surface area (Å²) in [6.07, 6.45) is 5.72. The summed E-state index contributed by atoms with van der Waals surface area (Å²) >= 11 is 0. The highest BCUT2D eigenvalue weighted by molar-refractivity contribution is 14.0. The molecular formula is C17H37IN4O2S. The number of halogens is 1. The summed E-state index contributed by atoms with van der Waals surface area (Å²) in [5, 5.41) is 6.79. The monoisotopic (exact) mass is 488 g/mol. The minimum atomic E-state index is -3.08. The normalized spacial score (nSPS) is 22.0. The van der Waals surface area contributed by atoms with E-state index in [0.717, 1.165) is 24.2 Å². The Labute approximate surface area is 171 Å². The molecule has 0 spiro atoms. The summed E-state index contributed by atoms with van der Waals surface area (Å²) < 4.78 is 24.8. The zero-order valence-corrected chi connectivity index (χ0v) is 19.6. The maximum atomic E-state index is 11.7. The molecule has 6 nitrogen and oxygen atoms in total. The molecular weight excluding hydrogens is 451 g/mol. The fraction of sp³-hybridized carbons (Fsp3) is 0.941. The lowest BCUT2D eigenvalue weighted by Gasteiger charge is -2.32. The van der Waals surface area contributed by atoms with E-state index >= 15 is 0 Å². The van der Waals surface area contributed by atoms with E-state index in [1.165, 1.54) is 30.0 Å². The zero-order valence-electron chi connectivity index (χ0n) is 16.4. The predicted octanol–water partition coefficient (Wildman–Crippen LogP) is 2.66. The highest BCUT2D eigenvalue weighted by atomic mass is 127. The smallest absolute Gasteiger partial charge is 0.213 e. The third-order valence-electron chi connectivity index (χ3n) is 5.06. The van der Waals surface area contributed by atoms with Gasteiger partial charge in [0.2, 0.25) is 10.0 Å². The molecule has 0 radical (unpaired) electrons. The van der Waals surface area contributed by atoms with Gasteiger partial charge in [-0.1, -0.05) is 13.8 Å². The summed E-state index contributed by atoms with van der Waals surface area (Å²) in [7, 11) is 0.339. The molecule has 0 aliphatic heterocycles. The molecule has 25 heavy (non-hydrogen) atoms. The molecule has 1 fully saturated rings. The summed E-state index contributed by atoms with van der Waals surface area (Å²) in [5.41, 5.74) is 0. The third kappa shape index (κ3) is 8.90. The van der Waals surface area contributed by atoms with E-state index in [1.807, 2.05) is 0 Å². The summed E-state index contributed by atoms with van der Waals surface area (Å²) in [6.45, 7) is 7.54. The van der Waals surface area contributed by atoms with Gasteiger partial charge in [-0.05, 0) is 50.9 Å². The van der Waals surface area contributed by atoms with Crippen LogP contribution in [0.3, 0.4) is 0 Å². The van der Waals surface area contributed by atoms with Crippen molar-refractivity contribution in [2.75, 3.05) is 32.9 Å². The molecule has 0 aromatic heterocycles. The third-order valence-corrected chi connectivity index (χ3v) is 6.92. The van der Waals surface area contributed by atoms with Crippen LogP contribution in [0.2, 0.25) is 0 Å². The van der Waals surface area contributed by atoms with Crippen molar-refractivity contribution in [2.24, 2.45) is 16.8 Å². The summed E-state index contributed by atoms with van der Waals surface area (Å²) in [6, 6.07) is 0.495. The largest absolute Gasteiger partial charge is 0.356 e. The minimum Gasteiger partial charge on any atom is -0.356 e. The number of nitrogens with one attached hydrogen (secondary N) is 2. The fourth-order valence-electron chi connectivity index (χ4n) is 3.19. The van der Waals surface area contributed by atoms with E-state index in [-0.39, 0.29) is 29.7 Å². The number of aliphatic imine (C=N–C) groups is 1. The van der Waals surface area contributed by atoms with Crippen LogP contribution in [0, 0.1) is 11.8 Å². The van der Waals surface area contributed by atoms with Gasteiger partial charge in [-0.25, -0.2) is 12.7 Å². The van der Waals surface area contributed by atoms with Gasteiger partial charge in [0.15, 0.2) is 5.96 Å². The number of rotatable bonds is 8. The highest BCUT2D eigenvalue weighted by Gasteiger charge is 2.23. The van der Waals surface area contributed by atoms with Crippen molar-refractivity contribution in [2.45, 2.75) is 58.9 Å². The SMILES string of the molecule is CCS(=O)(=O)N(C)CCCNC(=NC)NC1CCC(C(C)C)CC1.I. The van der Waals surface area contributed by atoms with Gasteiger partial charge in [-0.2, -0.15) is 0 Å². The standard InChI is InChI=1S/C17H36N4O2S.HI/c1-6-24(22,23)21(5)13-7-12-19-17(18-4)20-16-10-8-15(9-11-16)14(2)3;/h14-16H,6-13H2,1-5H3,(H2,18,19,20);1H. The van der Waals surface area contributed by atoms with Crippen molar-refractivity contribution in [1.29, 1.82) is 0 Å². The fourth-order valence-corrected chi connectivity index (χ4v) is 4.03. The second kappa shape index (κ2) is 12.3. The van der Waals surface area contributed by atoms with Crippen LogP contribution < -0.4 is 10.6 Å². The van der Waals surface area contributed by atoms with Gasteiger partial charge in [0, 0.05) is 33.2 Å². The molecule has 0 aromatic rings. The van der Waals surface area contributed by atoms with Crippen molar-refractivity contribution < 1.29 is 8.42 Å². The zero-order chi connectivity index (χ0) is 18.2. The molecule has 8 heteroatoms. The molecule has 150 valence electrons. The quantitative estimate of drug-likeness (QED) is 0.239. The van der Waals surface area contributed by atoms with Crippen LogP contribution in [0.25, 0.3) is 0 Å². The second-order valence-corrected chi connectivity index (χ2v) is 9.44. The lowest BCUT2D eigenvalue weighted by Crippen LogP contribution is -2.45. The first-order valence-electron chi connectivity index (χ1n) is 9.21. The van der Waals surface area contributed by atoms with Gasteiger partial charge >= 0.3 is 0 Å². The van der Waals surface area contributed by atoms with Crippen LogP contribution >= 0.6 is 24.0 Å². The first-order valence-corrected chi connectivity index (χ1v) is 10.8. The second-order valence-electron chi connectivity index (χ2n) is 7.07. The Hall–Kier alpha value is -0.0900. The van der Waals surface area contributed by atoms with Crippen molar-refractivity contribution >= 4 is 40.0 Å². The number of hydrogen-bond acceptors (Lipinski definition) is 3. The van der Waals surface area contributed by atoms with Crippen LogP contribution in [0.4, 0.5) is 0 Å². The van der Waals surface area contributed by atoms with Gasteiger partial charge in [0.05, 0.1) is 5.75 Å². The van der Waals surface area contributed by atoms with Gasteiger partial charge in [-0.15, -0.1) is 24.0 Å². The van der Waals surface area contributed by atoms with E-state index in [2.05, 4.69) is 29.5 Å². The first-order chi connectivity index (χ1) is 11.3. The van der Waals surface area contributed by atoms with Crippen LogP contribution in [-0.2, 0) is 10.0 Å². The summed E-state index contributed by atoms with van der Waals surface area (Å²) in [5.74, 6) is 2.61. The molecule has 2 N–H and O–H groups in total. The number of guanidine groups is 1. The van der Waals surface area contributed by atoms with Crippen molar-refractivity contribution in [3.8, 4) is 0 Å². The van der Waals surface area contributed by atoms with E-state index in [9.17, 15) is 8.42 Å². The Morgan fingerprint density at radius 2 is 1.84 bits per heavy atom. The van der Waals surface area contributed by atoms with Crippen LogP contribution in [0.5, 0.6) is 0 Å². The van der Waals surface area contributed by atoms with Gasteiger partial charge in [0.1, 0.15) is 0 Å². The van der Waals surface area contributed by atoms with Gasteiger partial charge in [-0.3, -0.25) is 4.99 Å². The van der Waals surface area contributed by atoms with E-state index < -0.39 is 10.0 Å². The average molecular weight is 488 g/mol. The molecule has 0 heterocycles. The first kappa shape index (κ1) is 24.9. The molecule has 0 atom stereocenters. The van der Waals surface area contributed by atoms with Gasteiger partial charge < -0.3 is 10.6 Å². The van der Waals surface area contributed by atoms with Crippen molar-refractivity contribution in [1.82, 2.24) is 14.9 Å². The molecule has 0 unspecified atom stereocenters. The molecule has 0 aromatic carbocycles. The predicted molar refractivity (Wildman–Crippen MR) is 117 cm³/mol. The highest BCUT2D eigenvalue weighted by Crippen LogP contribution is 2.29. The number of nitrogens with zero attached hydrogens (tertiary/aromatic N) is 2. The van der Waals surface area contributed by atoms with Crippen LogP contribution in [0.1, 0.15) is 52.9 Å². The van der Waals surface area contributed by atoms with Crippen LogP contribution in [0.15, 0.2) is 4.99 Å². The van der Waals surface area contributed by atoms with Crippen molar-refractivity contribution in [3.63, 3.8) is 0 Å². The number of sulfonamides is 1. The maximum absolute atomic E-state index is 11.7. The van der Waals surface area contributed by atoms with E-state index in [1.54, 1.807) is 21.0 Å². The Morgan fingerprint density at radius 3 is 2.32 bits per heavy atom. The van der Waals surface area contributed by atoms with E-state index in [0.29, 0.717) is 19.1 Å². The lowest BCUT2D eigenvalue weighted by molar-refractivity contribution is 0.250. The Balaban J connectivity index is 0.00000576. The number of hydrogen-bond donors (Lipinski definition) is 2. The molecule has 1 rings (SSSR count). The minimum absolute atomic E-state index is 0. The topological polar surface area (TPSA) is 73.8 Å². The van der Waals surface area contributed by atoms with Crippen LogP contribution in [-0.4, -0.2) is 57.7 Å². The molecule has 0 amide bonds. The molecule has 1 aliphatic carbocycles. The lowest BCUT2D eigenvalue weighted by atomic mass is 9.80.